The number of nitrogens with one attached hydrogen (secondary N) is 1. The van der Waals surface area contributed by atoms with Gasteiger partial charge in [-0.15, -0.1) is 0 Å². The largest absolute Gasteiger partial charge is 0.493 e. The summed E-state index contributed by atoms with van der Waals surface area (Å²) in [5.74, 6) is 1.27. The second-order valence-electron chi connectivity index (χ2n) is 3.78. The molecule has 0 fully saturated rings. The molecule has 0 unspecified atom stereocenters. The van der Waals surface area contributed by atoms with Gasteiger partial charge in [0, 0.05) is 29.7 Å². The van der Waals surface area contributed by atoms with E-state index < -0.39 is 0 Å². The summed E-state index contributed by atoms with van der Waals surface area (Å²) in [6, 6.07) is 3.52. The highest BCUT2D eigenvalue weighted by atomic mass is 35.5. The van der Waals surface area contributed by atoms with Crippen LogP contribution < -0.4 is 14.8 Å². The molecule has 96 valence electrons. The summed E-state index contributed by atoms with van der Waals surface area (Å²) in [6.07, 6.45) is -0.387. The lowest BCUT2D eigenvalue weighted by molar-refractivity contribution is 0.191. The molecule has 0 saturated heterocycles. The Balaban J connectivity index is 2.85. The molecule has 0 aliphatic rings. The Hall–Kier alpha value is -0.970. The van der Waals surface area contributed by atoms with Crippen LogP contribution in [0.25, 0.3) is 0 Å². The molecule has 5 heteroatoms. The summed E-state index contributed by atoms with van der Waals surface area (Å²) in [6.45, 7) is 2.80. The average molecular weight is 260 g/mol. The molecule has 1 rings (SSSR count). The molecule has 0 heterocycles. The lowest BCUT2D eigenvalue weighted by atomic mass is 10.1. The molecule has 0 amide bonds. The minimum atomic E-state index is -0.387. The van der Waals surface area contributed by atoms with Crippen LogP contribution in [0.5, 0.6) is 11.5 Å². The third kappa shape index (κ3) is 4.07. The second-order valence-corrected chi connectivity index (χ2v) is 4.22. The molecule has 0 aromatic heterocycles. The van der Waals surface area contributed by atoms with Crippen molar-refractivity contribution in [3.05, 3.63) is 22.7 Å². The first-order chi connectivity index (χ1) is 8.08. The van der Waals surface area contributed by atoms with Crippen LogP contribution in [-0.4, -0.2) is 32.0 Å². The molecule has 1 atom stereocenters. The summed E-state index contributed by atoms with van der Waals surface area (Å²) >= 11 is 5.99. The number of hydrogen-bond donors (Lipinski definition) is 2. The van der Waals surface area contributed by atoms with Crippen LogP contribution in [0.1, 0.15) is 12.5 Å². The fourth-order valence-electron chi connectivity index (χ4n) is 1.55. The summed E-state index contributed by atoms with van der Waals surface area (Å²) in [5.41, 5.74) is 0.900. The van der Waals surface area contributed by atoms with Crippen LogP contribution >= 0.6 is 11.6 Å². The van der Waals surface area contributed by atoms with Crippen molar-refractivity contribution < 1.29 is 14.6 Å². The van der Waals surface area contributed by atoms with Gasteiger partial charge in [0.25, 0.3) is 0 Å². The number of aliphatic hydroxyl groups is 1. The van der Waals surface area contributed by atoms with Gasteiger partial charge in [-0.05, 0) is 13.0 Å². The van der Waals surface area contributed by atoms with E-state index >= 15 is 0 Å². The van der Waals surface area contributed by atoms with Gasteiger partial charge in [-0.3, -0.25) is 0 Å². The van der Waals surface area contributed by atoms with Crippen LogP contribution in [-0.2, 0) is 6.54 Å². The van der Waals surface area contributed by atoms with Gasteiger partial charge in [-0.2, -0.15) is 0 Å². The highest BCUT2D eigenvalue weighted by molar-refractivity contribution is 6.30. The maximum Gasteiger partial charge on any atom is 0.165 e. The Morgan fingerprint density at radius 2 is 2.06 bits per heavy atom. The van der Waals surface area contributed by atoms with Crippen molar-refractivity contribution in [1.82, 2.24) is 5.32 Å². The Labute approximate surface area is 106 Å². The van der Waals surface area contributed by atoms with Gasteiger partial charge < -0.3 is 19.9 Å². The first-order valence-electron chi connectivity index (χ1n) is 5.37. The summed E-state index contributed by atoms with van der Waals surface area (Å²) in [7, 11) is 3.16. The molecule has 1 aromatic rings. The fraction of sp³-hybridized carbons (Fsp3) is 0.500. The molecule has 0 radical (unpaired) electrons. The monoisotopic (exact) mass is 259 g/mol. The molecule has 2 N–H and O–H groups in total. The van der Waals surface area contributed by atoms with Crippen LogP contribution in [0.2, 0.25) is 5.02 Å². The van der Waals surface area contributed by atoms with Gasteiger partial charge in [0.2, 0.25) is 0 Å². The summed E-state index contributed by atoms with van der Waals surface area (Å²) in [5, 5.41) is 12.9. The van der Waals surface area contributed by atoms with E-state index in [2.05, 4.69) is 5.32 Å². The highest BCUT2D eigenvalue weighted by Gasteiger charge is 2.11. The maximum absolute atomic E-state index is 9.17. The fourth-order valence-corrected chi connectivity index (χ4v) is 1.78. The first kappa shape index (κ1) is 14.1. The number of hydrogen-bond acceptors (Lipinski definition) is 4. The molecule has 0 aliphatic carbocycles. The van der Waals surface area contributed by atoms with E-state index in [0.717, 1.165) is 5.56 Å². The second kappa shape index (κ2) is 6.69. The van der Waals surface area contributed by atoms with Crippen LogP contribution in [0.3, 0.4) is 0 Å². The van der Waals surface area contributed by atoms with Crippen LogP contribution in [0.15, 0.2) is 12.1 Å². The average Bonchev–Trinajstić information content (AvgIpc) is 2.27. The maximum atomic E-state index is 9.17. The summed E-state index contributed by atoms with van der Waals surface area (Å²) < 4.78 is 10.5. The van der Waals surface area contributed by atoms with Gasteiger partial charge in [0.15, 0.2) is 11.5 Å². The molecule has 17 heavy (non-hydrogen) atoms. The van der Waals surface area contributed by atoms with Crippen molar-refractivity contribution in [3.63, 3.8) is 0 Å². The SMILES string of the molecule is COc1cc(Cl)cc(CNC[C@@H](C)O)c1OC. The van der Waals surface area contributed by atoms with Crippen LogP contribution in [0.4, 0.5) is 0 Å². The standard InChI is InChI=1S/C12H18ClNO3/c1-8(15)6-14-7-9-4-10(13)5-11(16-2)12(9)17-3/h4-5,8,14-15H,6-7H2,1-3H3/t8-/m1/s1. The molecule has 0 saturated carbocycles. The number of aliphatic hydroxyl groups excluding tert-OH is 1. The Kier molecular flexibility index (Phi) is 5.55. The van der Waals surface area contributed by atoms with Crippen molar-refractivity contribution in [2.75, 3.05) is 20.8 Å². The van der Waals surface area contributed by atoms with Gasteiger partial charge in [-0.25, -0.2) is 0 Å². The first-order valence-corrected chi connectivity index (χ1v) is 5.75. The van der Waals surface area contributed by atoms with Crippen LogP contribution in [0, 0.1) is 0 Å². The topological polar surface area (TPSA) is 50.7 Å². The number of methoxy groups -OCH3 is 2. The Morgan fingerprint density at radius 1 is 1.35 bits per heavy atom. The minimum Gasteiger partial charge on any atom is -0.493 e. The lowest BCUT2D eigenvalue weighted by Crippen LogP contribution is -2.24. The van der Waals surface area contributed by atoms with E-state index in [0.29, 0.717) is 29.6 Å². The zero-order valence-corrected chi connectivity index (χ0v) is 11.0. The number of benzene rings is 1. The zero-order chi connectivity index (χ0) is 12.8. The van der Waals surface area contributed by atoms with Crippen molar-refractivity contribution in [1.29, 1.82) is 0 Å². The van der Waals surface area contributed by atoms with Crippen molar-refractivity contribution in [2.24, 2.45) is 0 Å². The number of ether oxygens (including phenoxy) is 2. The van der Waals surface area contributed by atoms with Crippen molar-refractivity contribution in [2.45, 2.75) is 19.6 Å². The molecule has 0 bridgehead atoms. The third-order valence-corrected chi connectivity index (χ3v) is 2.49. The number of rotatable bonds is 6. The summed E-state index contributed by atoms with van der Waals surface area (Å²) in [4.78, 5) is 0. The van der Waals surface area contributed by atoms with Gasteiger partial charge in [-0.1, -0.05) is 11.6 Å². The van der Waals surface area contributed by atoms with E-state index in [9.17, 15) is 0 Å². The molecule has 0 spiro atoms. The van der Waals surface area contributed by atoms with Gasteiger partial charge >= 0.3 is 0 Å². The van der Waals surface area contributed by atoms with E-state index in [1.807, 2.05) is 6.07 Å². The molecule has 0 aliphatic heterocycles. The van der Waals surface area contributed by atoms with E-state index in [1.165, 1.54) is 0 Å². The van der Waals surface area contributed by atoms with E-state index in [4.69, 9.17) is 26.2 Å². The van der Waals surface area contributed by atoms with Crippen molar-refractivity contribution >= 4 is 11.6 Å². The smallest absolute Gasteiger partial charge is 0.165 e. The molecular formula is C12H18ClNO3. The molecule has 4 nitrogen and oxygen atoms in total. The predicted molar refractivity (Wildman–Crippen MR) is 67.9 cm³/mol. The lowest BCUT2D eigenvalue weighted by Gasteiger charge is -2.14. The van der Waals surface area contributed by atoms with Gasteiger partial charge in [0.05, 0.1) is 20.3 Å². The molecular weight excluding hydrogens is 242 g/mol. The molecule has 1 aromatic carbocycles. The van der Waals surface area contributed by atoms with E-state index in [1.54, 1.807) is 27.2 Å². The van der Waals surface area contributed by atoms with Gasteiger partial charge in [0.1, 0.15) is 0 Å². The quantitative estimate of drug-likeness (QED) is 0.818. The zero-order valence-electron chi connectivity index (χ0n) is 10.3. The number of halogens is 1. The normalized spacial score (nSPS) is 12.3. The predicted octanol–water partition coefficient (Wildman–Crippen LogP) is 1.83. The Morgan fingerprint density at radius 3 is 2.59 bits per heavy atom. The highest BCUT2D eigenvalue weighted by Crippen LogP contribution is 2.34. The van der Waals surface area contributed by atoms with Crippen molar-refractivity contribution in [3.8, 4) is 11.5 Å². The minimum absolute atomic E-state index is 0.387. The Bertz CT molecular complexity index is 369. The van der Waals surface area contributed by atoms with E-state index in [-0.39, 0.29) is 6.10 Å². The third-order valence-electron chi connectivity index (χ3n) is 2.28.